The average molecular weight is 452 g/mol. The number of rotatable bonds is 7. The van der Waals surface area contributed by atoms with Crippen molar-refractivity contribution in [3.05, 3.63) is 0 Å². The van der Waals surface area contributed by atoms with Crippen LogP contribution in [0.25, 0.3) is 0 Å². The van der Waals surface area contributed by atoms with Crippen LogP contribution in [0.1, 0.15) is 40.0 Å². The highest BCUT2D eigenvalue weighted by Gasteiger charge is 2.25. The monoisotopic (exact) mass is 452 g/mol. The van der Waals surface area contributed by atoms with E-state index < -0.39 is 0 Å². The van der Waals surface area contributed by atoms with Crippen LogP contribution in [0.5, 0.6) is 0 Å². The van der Waals surface area contributed by atoms with Gasteiger partial charge < -0.3 is 15.0 Å². The van der Waals surface area contributed by atoms with Crippen LogP contribution in [0.4, 0.5) is 0 Å². The van der Waals surface area contributed by atoms with Gasteiger partial charge in [0.1, 0.15) is 0 Å². The summed E-state index contributed by atoms with van der Waals surface area (Å²) < 4.78 is 5.50. The van der Waals surface area contributed by atoms with Crippen molar-refractivity contribution >= 4 is 29.9 Å². The van der Waals surface area contributed by atoms with Gasteiger partial charge in [-0.25, -0.2) is 0 Å². The van der Waals surface area contributed by atoms with Gasteiger partial charge >= 0.3 is 0 Å². The molecule has 2 fully saturated rings. The van der Waals surface area contributed by atoms with E-state index in [4.69, 9.17) is 9.73 Å². The van der Waals surface area contributed by atoms with E-state index >= 15 is 0 Å². The molecule has 142 valence electrons. The van der Waals surface area contributed by atoms with E-state index in [2.05, 4.69) is 42.9 Å². The van der Waals surface area contributed by atoms with E-state index in [0.29, 0.717) is 12.0 Å². The lowest BCUT2D eigenvalue weighted by Crippen LogP contribution is -2.42. The zero-order chi connectivity index (χ0) is 16.7. The summed E-state index contributed by atoms with van der Waals surface area (Å²) in [5, 5.41) is 3.45. The summed E-state index contributed by atoms with van der Waals surface area (Å²) in [6.45, 7) is 13.9. The minimum absolute atomic E-state index is 0. The fraction of sp³-hybridized carbons (Fsp3) is 0.944. The number of likely N-dealkylation sites (tertiary alicyclic amines) is 1. The normalized spacial score (nSPS) is 25.1. The summed E-state index contributed by atoms with van der Waals surface area (Å²) in [5.74, 6) is 2.43. The molecule has 2 saturated heterocycles. The summed E-state index contributed by atoms with van der Waals surface area (Å²) in [6.07, 6.45) is 3.78. The number of ether oxygens (including phenoxy) is 1. The lowest BCUT2D eigenvalue weighted by atomic mass is 10.1. The molecule has 0 aromatic heterocycles. The fourth-order valence-electron chi connectivity index (χ4n) is 3.67. The van der Waals surface area contributed by atoms with Gasteiger partial charge in [-0.05, 0) is 38.6 Å². The number of hydrogen-bond acceptors (Lipinski definition) is 3. The number of hydrogen-bond donors (Lipinski definition) is 1. The van der Waals surface area contributed by atoms with Crippen molar-refractivity contribution in [2.45, 2.75) is 46.1 Å². The van der Waals surface area contributed by atoms with E-state index in [9.17, 15) is 0 Å². The van der Waals surface area contributed by atoms with Gasteiger partial charge in [-0.15, -0.1) is 24.0 Å². The van der Waals surface area contributed by atoms with Crippen LogP contribution in [-0.2, 0) is 4.74 Å². The summed E-state index contributed by atoms with van der Waals surface area (Å²) >= 11 is 0. The predicted octanol–water partition coefficient (Wildman–Crippen LogP) is 2.66. The summed E-state index contributed by atoms with van der Waals surface area (Å²) in [7, 11) is 2.15. The molecule has 0 bridgehead atoms. The minimum Gasteiger partial charge on any atom is -0.381 e. The van der Waals surface area contributed by atoms with Crippen molar-refractivity contribution in [2.24, 2.45) is 16.8 Å². The fourth-order valence-corrected chi connectivity index (χ4v) is 3.67. The van der Waals surface area contributed by atoms with Crippen molar-refractivity contribution in [1.82, 2.24) is 15.1 Å². The van der Waals surface area contributed by atoms with Gasteiger partial charge in [0.2, 0.25) is 0 Å². The molecule has 0 aliphatic carbocycles. The molecule has 2 aliphatic heterocycles. The van der Waals surface area contributed by atoms with Crippen LogP contribution in [0.15, 0.2) is 4.99 Å². The van der Waals surface area contributed by atoms with E-state index in [0.717, 1.165) is 44.7 Å². The zero-order valence-electron chi connectivity index (χ0n) is 16.0. The van der Waals surface area contributed by atoms with Crippen molar-refractivity contribution < 1.29 is 4.74 Å². The maximum absolute atomic E-state index is 5.50. The standard InChI is InChI=1S/C18H36N4O.HI/c1-5-19-18(21(4)13-16-8-10-23-14-16)20-11-17-7-6-9-22(17)12-15(2)3;/h15-17H,5-14H2,1-4H3,(H,19,20);1H/t16?,17-;/m1./s1. The van der Waals surface area contributed by atoms with Crippen LogP contribution in [-0.4, -0.2) is 74.8 Å². The van der Waals surface area contributed by atoms with E-state index in [1.165, 1.54) is 32.4 Å². The number of nitrogens with one attached hydrogen (secondary N) is 1. The van der Waals surface area contributed by atoms with Gasteiger partial charge in [0, 0.05) is 45.2 Å². The number of guanidine groups is 1. The van der Waals surface area contributed by atoms with Crippen LogP contribution in [0, 0.1) is 11.8 Å². The van der Waals surface area contributed by atoms with Crippen molar-refractivity contribution in [1.29, 1.82) is 0 Å². The largest absolute Gasteiger partial charge is 0.381 e. The van der Waals surface area contributed by atoms with Gasteiger partial charge in [0.15, 0.2) is 5.96 Å². The molecule has 0 spiro atoms. The van der Waals surface area contributed by atoms with Gasteiger partial charge in [-0.3, -0.25) is 9.89 Å². The van der Waals surface area contributed by atoms with Crippen LogP contribution >= 0.6 is 24.0 Å². The maximum atomic E-state index is 5.50. The molecule has 6 heteroatoms. The van der Waals surface area contributed by atoms with Gasteiger partial charge in [0.25, 0.3) is 0 Å². The third kappa shape index (κ3) is 7.04. The Kier molecular flexibility index (Phi) is 10.5. The second-order valence-corrected chi connectivity index (χ2v) is 7.49. The molecule has 2 aliphatic rings. The molecular formula is C18H37IN4O. The van der Waals surface area contributed by atoms with Crippen molar-refractivity contribution in [3.8, 4) is 0 Å². The Morgan fingerprint density at radius 1 is 1.38 bits per heavy atom. The molecule has 0 aromatic carbocycles. The molecule has 5 nitrogen and oxygen atoms in total. The zero-order valence-corrected chi connectivity index (χ0v) is 18.3. The lowest BCUT2D eigenvalue weighted by Gasteiger charge is -2.27. The Balaban J connectivity index is 0.00000288. The third-order valence-corrected chi connectivity index (χ3v) is 4.80. The SMILES string of the molecule is CCNC(=NC[C@H]1CCCN1CC(C)C)N(C)CC1CCOC1.I. The Bertz CT molecular complexity index is 372. The first-order valence-electron chi connectivity index (χ1n) is 9.41. The highest BCUT2D eigenvalue weighted by atomic mass is 127. The highest BCUT2D eigenvalue weighted by Crippen LogP contribution is 2.19. The summed E-state index contributed by atoms with van der Waals surface area (Å²) in [5.41, 5.74) is 0. The summed E-state index contributed by atoms with van der Waals surface area (Å²) in [4.78, 5) is 9.85. The average Bonchev–Trinajstić information content (AvgIpc) is 3.15. The molecule has 0 saturated carbocycles. The molecular weight excluding hydrogens is 415 g/mol. The Morgan fingerprint density at radius 2 is 2.17 bits per heavy atom. The third-order valence-electron chi connectivity index (χ3n) is 4.80. The van der Waals surface area contributed by atoms with Gasteiger partial charge in [0.05, 0.1) is 13.2 Å². The van der Waals surface area contributed by atoms with E-state index in [1.807, 2.05) is 0 Å². The second-order valence-electron chi connectivity index (χ2n) is 7.49. The first-order chi connectivity index (χ1) is 11.1. The van der Waals surface area contributed by atoms with Crippen LogP contribution in [0.3, 0.4) is 0 Å². The molecule has 0 amide bonds. The Hall–Kier alpha value is -0.0800. The molecule has 2 rings (SSSR count). The predicted molar refractivity (Wildman–Crippen MR) is 112 cm³/mol. The van der Waals surface area contributed by atoms with Crippen LogP contribution < -0.4 is 5.32 Å². The smallest absolute Gasteiger partial charge is 0.193 e. The van der Waals surface area contributed by atoms with Crippen molar-refractivity contribution in [3.63, 3.8) is 0 Å². The minimum atomic E-state index is 0. The molecule has 24 heavy (non-hydrogen) atoms. The quantitative estimate of drug-likeness (QED) is 0.366. The number of halogens is 1. The number of aliphatic imine (C=N–C) groups is 1. The Labute approximate surface area is 165 Å². The van der Waals surface area contributed by atoms with E-state index in [-0.39, 0.29) is 24.0 Å². The molecule has 1 unspecified atom stereocenters. The van der Waals surface area contributed by atoms with Gasteiger partial charge in [-0.1, -0.05) is 13.8 Å². The van der Waals surface area contributed by atoms with E-state index in [1.54, 1.807) is 0 Å². The Morgan fingerprint density at radius 3 is 2.79 bits per heavy atom. The number of nitrogens with zero attached hydrogens (tertiary/aromatic N) is 3. The molecule has 0 radical (unpaired) electrons. The maximum Gasteiger partial charge on any atom is 0.193 e. The first kappa shape index (κ1) is 22.0. The van der Waals surface area contributed by atoms with Crippen molar-refractivity contribution in [2.75, 3.05) is 53.0 Å². The molecule has 2 heterocycles. The molecule has 0 aromatic rings. The lowest BCUT2D eigenvalue weighted by molar-refractivity contribution is 0.181. The molecule has 2 atom stereocenters. The topological polar surface area (TPSA) is 40.1 Å². The second kappa shape index (κ2) is 11.5. The molecule has 1 N–H and O–H groups in total. The highest BCUT2D eigenvalue weighted by molar-refractivity contribution is 14.0. The van der Waals surface area contributed by atoms with Crippen LogP contribution in [0.2, 0.25) is 0 Å². The van der Waals surface area contributed by atoms with Gasteiger partial charge in [-0.2, -0.15) is 0 Å². The first-order valence-corrected chi connectivity index (χ1v) is 9.41. The summed E-state index contributed by atoms with van der Waals surface area (Å²) in [6, 6.07) is 0.620.